The number of benzene rings is 2. The monoisotopic (exact) mass is 320 g/mol. The first kappa shape index (κ1) is 15.6. The molecule has 0 aliphatic rings. The van der Waals surface area contributed by atoms with Crippen molar-refractivity contribution in [3.63, 3.8) is 0 Å². The summed E-state index contributed by atoms with van der Waals surface area (Å²) in [6.45, 7) is 0.624. The van der Waals surface area contributed by atoms with Gasteiger partial charge in [0.05, 0.1) is 4.92 Å². The molecule has 0 radical (unpaired) electrons. The molecule has 3 aromatic rings. The molecule has 6 nitrogen and oxygen atoms in total. The topological polar surface area (TPSA) is 80.1 Å². The molecule has 120 valence electrons. The Labute approximate surface area is 139 Å². The lowest BCUT2D eigenvalue weighted by Gasteiger charge is -2.09. The zero-order valence-electron chi connectivity index (χ0n) is 12.8. The Kier molecular flexibility index (Phi) is 4.78. The number of hydrogen-bond acceptors (Lipinski definition) is 5. The molecule has 0 saturated heterocycles. The Morgan fingerprint density at radius 1 is 0.958 bits per heavy atom. The molecule has 0 aliphatic heterocycles. The van der Waals surface area contributed by atoms with Crippen LogP contribution in [-0.2, 0) is 6.54 Å². The molecule has 0 atom stereocenters. The van der Waals surface area contributed by atoms with E-state index in [9.17, 15) is 10.1 Å². The minimum Gasteiger partial charge on any atom is -0.321 e. The quantitative estimate of drug-likeness (QED) is 0.534. The Morgan fingerprint density at radius 2 is 1.71 bits per heavy atom. The van der Waals surface area contributed by atoms with Crippen LogP contribution in [-0.4, -0.2) is 9.91 Å². The normalized spacial score (nSPS) is 10.3. The van der Waals surface area contributed by atoms with Crippen LogP contribution in [0.25, 0.3) is 11.3 Å². The zero-order valence-corrected chi connectivity index (χ0v) is 12.8. The number of nitrogens with one attached hydrogen (secondary N) is 2. The summed E-state index contributed by atoms with van der Waals surface area (Å²) in [5.41, 5.74) is 9.40. The van der Waals surface area contributed by atoms with Crippen LogP contribution >= 0.6 is 0 Å². The van der Waals surface area contributed by atoms with E-state index in [1.54, 1.807) is 12.3 Å². The second kappa shape index (κ2) is 7.34. The van der Waals surface area contributed by atoms with Crippen LogP contribution in [0, 0.1) is 10.1 Å². The van der Waals surface area contributed by atoms with Crippen molar-refractivity contribution in [2.45, 2.75) is 6.54 Å². The summed E-state index contributed by atoms with van der Waals surface area (Å²) in [5.74, 6) is 0. The van der Waals surface area contributed by atoms with Crippen molar-refractivity contribution >= 4 is 11.4 Å². The van der Waals surface area contributed by atoms with Gasteiger partial charge in [-0.3, -0.25) is 10.1 Å². The van der Waals surface area contributed by atoms with Gasteiger partial charge in [-0.25, -0.2) is 10.4 Å². The van der Waals surface area contributed by atoms with E-state index in [1.165, 1.54) is 6.07 Å². The van der Waals surface area contributed by atoms with Crippen LogP contribution in [0.4, 0.5) is 11.4 Å². The van der Waals surface area contributed by atoms with E-state index < -0.39 is 4.92 Å². The molecular weight excluding hydrogens is 304 g/mol. The number of pyridine rings is 1. The predicted octanol–water partition coefficient (Wildman–Crippen LogP) is 3.77. The SMILES string of the molecule is O=[N+]([O-])c1cccnc1-c1ccc(CNNc2ccccc2)cc1. The van der Waals surface area contributed by atoms with E-state index in [1.807, 2.05) is 54.6 Å². The van der Waals surface area contributed by atoms with E-state index in [2.05, 4.69) is 15.8 Å². The van der Waals surface area contributed by atoms with Crippen LogP contribution in [0.1, 0.15) is 5.56 Å². The number of rotatable bonds is 6. The second-order valence-corrected chi connectivity index (χ2v) is 5.17. The molecule has 0 saturated carbocycles. The van der Waals surface area contributed by atoms with E-state index in [0.29, 0.717) is 12.2 Å². The summed E-state index contributed by atoms with van der Waals surface area (Å²) in [7, 11) is 0. The van der Waals surface area contributed by atoms with Crippen LogP contribution in [0.15, 0.2) is 72.9 Å². The fourth-order valence-electron chi connectivity index (χ4n) is 2.32. The zero-order chi connectivity index (χ0) is 16.8. The molecule has 0 aliphatic carbocycles. The van der Waals surface area contributed by atoms with Gasteiger partial charge in [0.15, 0.2) is 0 Å². The third-order valence-corrected chi connectivity index (χ3v) is 3.51. The van der Waals surface area contributed by atoms with Crippen molar-refractivity contribution in [3.8, 4) is 11.3 Å². The predicted molar refractivity (Wildman–Crippen MR) is 93.2 cm³/mol. The fraction of sp³-hybridized carbons (Fsp3) is 0.0556. The molecule has 6 heteroatoms. The number of aromatic nitrogens is 1. The molecule has 1 aromatic heterocycles. The van der Waals surface area contributed by atoms with E-state index in [0.717, 1.165) is 16.8 Å². The average molecular weight is 320 g/mol. The molecule has 0 spiro atoms. The summed E-state index contributed by atoms with van der Waals surface area (Å²) in [4.78, 5) is 14.8. The Balaban J connectivity index is 1.67. The third-order valence-electron chi connectivity index (χ3n) is 3.51. The molecule has 1 heterocycles. The van der Waals surface area contributed by atoms with E-state index >= 15 is 0 Å². The van der Waals surface area contributed by atoms with Gasteiger partial charge in [-0.05, 0) is 23.8 Å². The van der Waals surface area contributed by atoms with Crippen molar-refractivity contribution in [2.24, 2.45) is 0 Å². The highest BCUT2D eigenvalue weighted by molar-refractivity contribution is 5.69. The maximum atomic E-state index is 11.1. The van der Waals surface area contributed by atoms with Crippen LogP contribution < -0.4 is 10.9 Å². The molecule has 24 heavy (non-hydrogen) atoms. The summed E-state index contributed by atoms with van der Waals surface area (Å²) < 4.78 is 0. The molecule has 2 aromatic carbocycles. The summed E-state index contributed by atoms with van der Waals surface area (Å²) in [5, 5.41) is 11.1. The lowest BCUT2D eigenvalue weighted by Crippen LogP contribution is -2.20. The summed E-state index contributed by atoms with van der Waals surface area (Å²) >= 11 is 0. The number of para-hydroxylation sites is 1. The molecule has 0 amide bonds. The summed E-state index contributed by atoms with van der Waals surface area (Å²) in [6.07, 6.45) is 1.56. The van der Waals surface area contributed by atoms with Gasteiger partial charge in [0.25, 0.3) is 5.69 Å². The first-order valence-electron chi connectivity index (χ1n) is 7.47. The minimum absolute atomic E-state index is 0.00844. The van der Waals surface area contributed by atoms with Crippen LogP contribution in [0.5, 0.6) is 0 Å². The minimum atomic E-state index is -0.415. The highest BCUT2D eigenvalue weighted by Crippen LogP contribution is 2.27. The van der Waals surface area contributed by atoms with Crippen molar-refractivity contribution in [1.29, 1.82) is 0 Å². The first-order valence-corrected chi connectivity index (χ1v) is 7.47. The smallest absolute Gasteiger partial charge is 0.295 e. The van der Waals surface area contributed by atoms with E-state index in [-0.39, 0.29) is 5.69 Å². The van der Waals surface area contributed by atoms with Crippen molar-refractivity contribution < 1.29 is 4.92 Å². The van der Waals surface area contributed by atoms with Gasteiger partial charge in [0.2, 0.25) is 0 Å². The van der Waals surface area contributed by atoms with Crippen molar-refractivity contribution in [2.75, 3.05) is 5.43 Å². The van der Waals surface area contributed by atoms with Gasteiger partial charge in [-0.15, -0.1) is 0 Å². The molecule has 0 bridgehead atoms. The number of anilines is 1. The maximum absolute atomic E-state index is 11.1. The Morgan fingerprint density at radius 3 is 2.42 bits per heavy atom. The number of nitrogens with zero attached hydrogens (tertiary/aromatic N) is 2. The van der Waals surface area contributed by atoms with Gasteiger partial charge in [-0.1, -0.05) is 42.5 Å². The molecule has 0 fully saturated rings. The lowest BCUT2D eigenvalue weighted by atomic mass is 10.1. The largest absolute Gasteiger partial charge is 0.321 e. The first-order chi connectivity index (χ1) is 11.7. The van der Waals surface area contributed by atoms with Gasteiger partial charge in [0, 0.05) is 30.1 Å². The number of hydrazine groups is 1. The number of hydrogen-bond donors (Lipinski definition) is 2. The van der Waals surface area contributed by atoms with Gasteiger partial charge in [0.1, 0.15) is 5.69 Å². The van der Waals surface area contributed by atoms with Gasteiger partial charge < -0.3 is 5.43 Å². The Bertz CT molecular complexity index is 820. The molecule has 2 N–H and O–H groups in total. The summed E-state index contributed by atoms with van der Waals surface area (Å²) in [6, 6.07) is 20.4. The fourth-order valence-corrected chi connectivity index (χ4v) is 2.32. The maximum Gasteiger partial charge on any atom is 0.295 e. The second-order valence-electron chi connectivity index (χ2n) is 5.17. The highest BCUT2D eigenvalue weighted by atomic mass is 16.6. The lowest BCUT2D eigenvalue weighted by molar-refractivity contribution is -0.384. The van der Waals surface area contributed by atoms with Crippen molar-refractivity contribution in [3.05, 3.63) is 88.6 Å². The van der Waals surface area contributed by atoms with Crippen molar-refractivity contribution in [1.82, 2.24) is 10.4 Å². The highest BCUT2D eigenvalue weighted by Gasteiger charge is 2.15. The van der Waals surface area contributed by atoms with Gasteiger partial charge in [-0.2, -0.15) is 0 Å². The van der Waals surface area contributed by atoms with Crippen LogP contribution in [0.2, 0.25) is 0 Å². The molecular formula is C18H16N4O2. The standard InChI is InChI=1S/C18H16N4O2/c23-22(24)17-7-4-12-19-18(17)15-10-8-14(9-11-15)13-20-21-16-5-2-1-3-6-16/h1-12,20-21H,13H2. The Hall–Kier alpha value is -3.25. The van der Waals surface area contributed by atoms with Gasteiger partial charge >= 0.3 is 0 Å². The number of nitro groups is 1. The van der Waals surface area contributed by atoms with E-state index in [4.69, 9.17) is 0 Å². The van der Waals surface area contributed by atoms with Crippen LogP contribution in [0.3, 0.4) is 0 Å². The third kappa shape index (κ3) is 3.74. The average Bonchev–Trinajstić information content (AvgIpc) is 2.63. The molecule has 0 unspecified atom stereocenters. The molecule has 3 rings (SSSR count).